The van der Waals surface area contributed by atoms with E-state index in [9.17, 15) is 18.0 Å². The van der Waals surface area contributed by atoms with Crippen molar-refractivity contribution in [2.45, 2.75) is 12.7 Å². The van der Waals surface area contributed by atoms with E-state index in [0.29, 0.717) is 0 Å². The van der Waals surface area contributed by atoms with E-state index in [0.717, 1.165) is 21.5 Å². The Morgan fingerprint density at radius 1 is 1.40 bits per heavy atom. The summed E-state index contributed by atoms with van der Waals surface area (Å²) in [6, 6.07) is 4.49. The van der Waals surface area contributed by atoms with Gasteiger partial charge in [-0.15, -0.1) is 21.5 Å². The van der Waals surface area contributed by atoms with Gasteiger partial charge in [0.2, 0.25) is 5.91 Å². The first-order valence-corrected chi connectivity index (χ1v) is 8.20. The van der Waals surface area contributed by atoms with Gasteiger partial charge in [0, 0.05) is 17.2 Å². The largest absolute Gasteiger partial charge is 0.417 e. The number of hydrogen-bond donors (Lipinski definition) is 1. The number of nitrogens with zero attached hydrogens (tertiary/aromatic N) is 3. The van der Waals surface area contributed by atoms with E-state index in [2.05, 4.69) is 15.5 Å². The molecule has 0 unspecified atom stereocenters. The average molecular weight is 387 g/mol. The van der Waals surface area contributed by atoms with Crippen LogP contribution in [-0.4, -0.2) is 20.5 Å². The summed E-state index contributed by atoms with van der Waals surface area (Å²) in [7, 11) is 0. The minimum absolute atomic E-state index is 0.0908. The predicted molar refractivity (Wildman–Crippen MR) is 88.2 cm³/mol. The van der Waals surface area contributed by atoms with E-state index in [1.165, 1.54) is 17.4 Å². The number of carbonyl (C=O) groups is 1. The molecule has 3 aromatic heterocycles. The Kier molecular flexibility index (Phi) is 4.78. The van der Waals surface area contributed by atoms with Crippen LogP contribution in [0.4, 0.5) is 13.2 Å². The molecule has 0 aliphatic carbocycles. The Morgan fingerprint density at radius 3 is 2.88 bits per heavy atom. The minimum atomic E-state index is -4.55. The molecule has 3 rings (SSSR count). The summed E-state index contributed by atoms with van der Waals surface area (Å²) >= 11 is 7.30. The monoisotopic (exact) mass is 386 g/mol. The maximum absolute atomic E-state index is 12.9. The van der Waals surface area contributed by atoms with E-state index in [1.807, 2.05) is 17.5 Å². The highest BCUT2D eigenvalue weighted by molar-refractivity contribution is 7.10. The Bertz CT molecular complexity index is 934. The van der Waals surface area contributed by atoms with Gasteiger partial charge in [0.05, 0.1) is 17.1 Å². The minimum Gasteiger partial charge on any atom is -0.345 e. The van der Waals surface area contributed by atoms with Crippen molar-refractivity contribution in [2.24, 2.45) is 0 Å². The zero-order valence-corrected chi connectivity index (χ0v) is 14.0. The molecule has 0 aliphatic heterocycles. The van der Waals surface area contributed by atoms with Gasteiger partial charge in [-0.1, -0.05) is 17.7 Å². The van der Waals surface area contributed by atoms with Crippen LogP contribution in [0.25, 0.3) is 11.7 Å². The van der Waals surface area contributed by atoms with Crippen LogP contribution in [0, 0.1) is 0 Å². The van der Waals surface area contributed by atoms with Crippen LogP contribution in [0.2, 0.25) is 5.02 Å². The number of halogens is 4. The molecule has 130 valence electrons. The Labute approximate surface area is 148 Å². The second-order valence-electron chi connectivity index (χ2n) is 4.95. The van der Waals surface area contributed by atoms with Crippen LogP contribution >= 0.6 is 22.9 Å². The highest BCUT2D eigenvalue weighted by atomic mass is 35.5. The van der Waals surface area contributed by atoms with E-state index < -0.39 is 17.6 Å². The van der Waals surface area contributed by atoms with Gasteiger partial charge in [-0.25, -0.2) is 0 Å². The zero-order chi connectivity index (χ0) is 18.0. The smallest absolute Gasteiger partial charge is 0.345 e. The molecule has 0 aliphatic rings. The molecule has 0 spiro atoms. The molecule has 3 heterocycles. The summed E-state index contributed by atoms with van der Waals surface area (Å²) in [5.74, 6) is -0.260. The van der Waals surface area contributed by atoms with Crippen molar-refractivity contribution in [3.05, 3.63) is 57.1 Å². The van der Waals surface area contributed by atoms with Crippen molar-refractivity contribution in [2.75, 3.05) is 0 Å². The third-order valence-corrected chi connectivity index (χ3v) is 4.34. The molecule has 0 atom stereocenters. The summed E-state index contributed by atoms with van der Waals surface area (Å²) in [6.45, 7) is -0.0909. The van der Waals surface area contributed by atoms with Gasteiger partial charge in [-0.05, 0) is 23.6 Å². The van der Waals surface area contributed by atoms with Gasteiger partial charge in [-0.2, -0.15) is 13.2 Å². The van der Waals surface area contributed by atoms with Gasteiger partial charge in [-0.3, -0.25) is 9.20 Å². The number of fused-ring (bicyclic) bond motifs is 1. The molecule has 0 bridgehead atoms. The molecular formula is C15H10ClF3N4OS. The second-order valence-corrected chi connectivity index (χ2v) is 6.34. The lowest BCUT2D eigenvalue weighted by atomic mass is 10.3. The number of rotatable bonds is 4. The lowest BCUT2D eigenvalue weighted by molar-refractivity contribution is -0.137. The van der Waals surface area contributed by atoms with Crippen LogP contribution in [0.1, 0.15) is 16.3 Å². The fourth-order valence-corrected chi connectivity index (χ4v) is 2.91. The summed E-state index contributed by atoms with van der Waals surface area (Å²) in [6.07, 6.45) is -0.722. The van der Waals surface area contributed by atoms with Crippen LogP contribution in [-0.2, 0) is 17.5 Å². The van der Waals surface area contributed by atoms with E-state index >= 15 is 0 Å². The van der Waals surface area contributed by atoms with E-state index in [-0.39, 0.29) is 23.0 Å². The fourth-order valence-electron chi connectivity index (χ4n) is 2.04. The van der Waals surface area contributed by atoms with Gasteiger partial charge >= 0.3 is 6.18 Å². The number of amides is 1. The van der Waals surface area contributed by atoms with Gasteiger partial charge < -0.3 is 5.32 Å². The molecule has 1 amide bonds. The summed E-state index contributed by atoms with van der Waals surface area (Å²) < 4.78 is 39.8. The van der Waals surface area contributed by atoms with E-state index in [4.69, 9.17) is 11.6 Å². The average Bonchev–Trinajstić information content (AvgIpc) is 3.19. The first kappa shape index (κ1) is 17.4. The second kappa shape index (κ2) is 6.85. The molecule has 1 N–H and O–H groups in total. The van der Waals surface area contributed by atoms with Crippen LogP contribution in [0.3, 0.4) is 0 Å². The molecule has 10 heteroatoms. The molecule has 25 heavy (non-hydrogen) atoms. The molecule has 0 radical (unpaired) electrons. The molecule has 5 nitrogen and oxygen atoms in total. The van der Waals surface area contributed by atoms with Gasteiger partial charge in [0.15, 0.2) is 11.5 Å². The molecule has 3 aromatic rings. The Morgan fingerprint density at radius 2 is 2.20 bits per heavy atom. The molecule has 0 saturated heterocycles. The molecule has 0 aromatic carbocycles. The van der Waals surface area contributed by atoms with Crippen molar-refractivity contribution in [3.8, 4) is 0 Å². The Hall–Kier alpha value is -2.39. The number of alkyl halides is 3. The van der Waals surface area contributed by atoms with Crippen molar-refractivity contribution >= 4 is 40.6 Å². The zero-order valence-electron chi connectivity index (χ0n) is 12.4. The molecule has 0 fully saturated rings. The summed E-state index contributed by atoms with van der Waals surface area (Å²) in [4.78, 5) is 12.7. The maximum atomic E-state index is 12.9. The fraction of sp³-hybridized carbons (Fsp3) is 0.133. The topological polar surface area (TPSA) is 59.3 Å². The van der Waals surface area contributed by atoms with Gasteiger partial charge in [0.1, 0.15) is 0 Å². The maximum Gasteiger partial charge on any atom is 0.417 e. The van der Waals surface area contributed by atoms with Crippen molar-refractivity contribution in [3.63, 3.8) is 0 Å². The highest BCUT2D eigenvalue weighted by Crippen LogP contribution is 2.32. The van der Waals surface area contributed by atoms with Crippen molar-refractivity contribution < 1.29 is 18.0 Å². The highest BCUT2D eigenvalue weighted by Gasteiger charge is 2.32. The standard InChI is InChI=1S/C15H10ClF3N4OS/c16-11-6-9(15(17,18)19)8-23-12(21-22-14(11)23)7-20-13(24)4-3-10-2-1-5-25-10/h1-6,8H,7H2,(H,20,24)/b4-3+. The van der Waals surface area contributed by atoms with Gasteiger partial charge in [0.25, 0.3) is 0 Å². The van der Waals surface area contributed by atoms with Crippen LogP contribution in [0.15, 0.2) is 35.9 Å². The third-order valence-electron chi connectivity index (χ3n) is 3.22. The van der Waals surface area contributed by atoms with Crippen molar-refractivity contribution in [1.82, 2.24) is 19.9 Å². The normalized spacial score (nSPS) is 12.2. The number of hydrogen-bond acceptors (Lipinski definition) is 4. The third kappa shape index (κ3) is 3.99. The van der Waals surface area contributed by atoms with Crippen LogP contribution < -0.4 is 5.32 Å². The Balaban J connectivity index is 1.77. The molecular weight excluding hydrogens is 377 g/mol. The number of carbonyl (C=O) groups excluding carboxylic acids is 1. The first-order chi connectivity index (χ1) is 11.8. The SMILES string of the molecule is O=C(/C=C/c1cccs1)NCc1nnc2c(Cl)cc(C(F)(F)F)cn12. The number of nitrogens with one attached hydrogen (secondary N) is 1. The lowest BCUT2D eigenvalue weighted by Gasteiger charge is -2.09. The summed E-state index contributed by atoms with van der Waals surface area (Å²) in [5, 5.41) is 11.8. The number of thiophene rings is 1. The first-order valence-electron chi connectivity index (χ1n) is 6.94. The van der Waals surface area contributed by atoms with Crippen molar-refractivity contribution in [1.29, 1.82) is 0 Å². The molecule has 0 saturated carbocycles. The number of pyridine rings is 1. The number of aromatic nitrogens is 3. The predicted octanol–water partition coefficient (Wildman–Crippen LogP) is 3.79. The van der Waals surface area contributed by atoms with E-state index in [1.54, 1.807) is 6.08 Å². The summed E-state index contributed by atoms with van der Waals surface area (Å²) in [5.41, 5.74) is -0.831. The lowest BCUT2D eigenvalue weighted by Crippen LogP contribution is -2.21. The quantitative estimate of drug-likeness (QED) is 0.694. The van der Waals surface area contributed by atoms with Crippen LogP contribution in [0.5, 0.6) is 0 Å².